The lowest BCUT2D eigenvalue weighted by Crippen LogP contribution is -2.04. The first-order valence-corrected chi connectivity index (χ1v) is 7.05. The van der Waals surface area contributed by atoms with E-state index in [1.807, 2.05) is 13.8 Å². The molecule has 1 aromatic carbocycles. The van der Waals surface area contributed by atoms with E-state index in [4.69, 9.17) is 0 Å². The summed E-state index contributed by atoms with van der Waals surface area (Å²) in [5.41, 5.74) is 0.888. The zero-order chi connectivity index (χ0) is 14.7. The van der Waals surface area contributed by atoms with Crippen LogP contribution in [0.2, 0.25) is 0 Å². The van der Waals surface area contributed by atoms with Gasteiger partial charge in [-0.3, -0.25) is 0 Å². The van der Waals surface area contributed by atoms with Crippen molar-refractivity contribution in [1.29, 1.82) is 0 Å². The Kier molecular flexibility index (Phi) is 4.54. The van der Waals surface area contributed by atoms with Gasteiger partial charge in [0, 0.05) is 23.9 Å². The normalized spacial score (nSPS) is 10.7. The van der Waals surface area contributed by atoms with Crippen molar-refractivity contribution in [1.82, 2.24) is 9.97 Å². The molecule has 0 radical (unpaired) electrons. The molecule has 0 fully saturated rings. The molecule has 0 atom stereocenters. The molecule has 0 amide bonds. The van der Waals surface area contributed by atoms with Crippen LogP contribution in [0.4, 0.5) is 14.6 Å². The Hall–Kier alpha value is -1.69. The number of nitrogens with one attached hydrogen (secondary N) is 1. The van der Waals surface area contributed by atoms with Crippen molar-refractivity contribution in [2.45, 2.75) is 30.2 Å². The molecule has 0 bridgehead atoms. The minimum absolute atomic E-state index is 0.606. The summed E-state index contributed by atoms with van der Waals surface area (Å²) >= 11 is 1.30. The summed E-state index contributed by atoms with van der Waals surface area (Å²) < 4.78 is 26.2. The highest BCUT2D eigenvalue weighted by atomic mass is 32.2. The minimum atomic E-state index is -0.855. The molecule has 0 saturated heterocycles. The van der Waals surface area contributed by atoms with Gasteiger partial charge in [0.05, 0.1) is 0 Å². The molecule has 0 spiro atoms. The van der Waals surface area contributed by atoms with E-state index in [0.717, 1.165) is 22.5 Å². The highest BCUT2D eigenvalue weighted by molar-refractivity contribution is 7.99. The summed E-state index contributed by atoms with van der Waals surface area (Å²) in [5.74, 6) is -0.239. The van der Waals surface area contributed by atoms with Crippen molar-refractivity contribution in [3.8, 4) is 0 Å². The second-order valence-corrected chi connectivity index (χ2v) is 5.26. The maximum Gasteiger partial charge on any atom is 0.159 e. The zero-order valence-electron chi connectivity index (χ0n) is 11.5. The number of nitrogens with zero attached hydrogens (tertiary/aromatic N) is 2. The molecular weight excluding hydrogens is 280 g/mol. The van der Waals surface area contributed by atoms with Crippen molar-refractivity contribution < 1.29 is 8.78 Å². The van der Waals surface area contributed by atoms with Crippen molar-refractivity contribution in [2.24, 2.45) is 0 Å². The van der Waals surface area contributed by atoms with E-state index in [9.17, 15) is 8.78 Å². The molecule has 1 heterocycles. The first-order valence-electron chi connectivity index (χ1n) is 6.23. The first kappa shape index (κ1) is 14.7. The maximum atomic E-state index is 13.2. The molecule has 2 rings (SSSR count). The quantitative estimate of drug-likeness (QED) is 0.870. The van der Waals surface area contributed by atoms with Gasteiger partial charge in [-0.2, -0.15) is 0 Å². The SMILES string of the molecule is CCc1nc(NC)c(C)c(Sc2ccc(F)c(F)c2)n1. The third-order valence-corrected chi connectivity index (χ3v) is 3.89. The Morgan fingerprint density at radius 3 is 2.55 bits per heavy atom. The van der Waals surface area contributed by atoms with Gasteiger partial charge in [0.1, 0.15) is 16.7 Å². The van der Waals surface area contributed by atoms with E-state index in [2.05, 4.69) is 15.3 Å². The van der Waals surface area contributed by atoms with E-state index in [0.29, 0.717) is 17.1 Å². The molecule has 0 aliphatic rings. The largest absolute Gasteiger partial charge is 0.373 e. The molecule has 1 aromatic heterocycles. The highest BCUT2D eigenvalue weighted by Crippen LogP contribution is 2.32. The Balaban J connectivity index is 2.39. The van der Waals surface area contributed by atoms with Gasteiger partial charge < -0.3 is 5.32 Å². The van der Waals surface area contributed by atoms with Gasteiger partial charge in [0.2, 0.25) is 0 Å². The number of anilines is 1. The van der Waals surface area contributed by atoms with Gasteiger partial charge in [-0.1, -0.05) is 18.7 Å². The highest BCUT2D eigenvalue weighted by Gasteiger charge is 2.12. The fraction of sp³-hybridized carbons (Fsp3) is 0.286. The molecule has 1 N–H and O–H groups in total. The van der Waals surface area contributed by atoms with Crippen LogP contribution in [0, 0.1) is 18.6 Å². The first-order chi connectivity index (χ1) is 9.55. The van der Waals surface area contributed by atoms with E-state index in [1.165, 1.54) is 23.9 Å². The van der Waals surface area contributed by atoms with Gasteiger partial charge in [-0.05, 0) is 25.1 Å². The fourth-order valence-electron chi connectivity index (χ4n) is 1.69. The fourth-order valence-corrected chi connectivity index (χ4v) is 2.62. The monoisotopic (exact) mass is 295 g/mol. The summed E-state index contributed by atoms with van der Waals surface area (Å²) in [4.78, 5) is 9.42. The van der Waals surface area contributed by atoms with Crippen LogP contribution in [0.15, 0.2) is 28.1 Å². The number of benzene rings is 1. The lowest BCUT2D eigenvalue weighted by atomic mass is 10.3. The van der Waals surface area contributed by atoms with Crippen molar-refractivity contribution in [2.75, 3.05) is 12.4 Å². The van der Waals surface area contributed by atoms with Gasteiger partial charge in [-0.25, -0.2) is 18.7 Å². The summed E-state index contributed by atoms with van der Waals surface area (Å²) in [5, 5.41) is 3.76. The van der Waals surface area contributed by atoms with Crippen molar-refractivity contribution >= 4 is 17.6 Å². The third kappa shape index (κ3) is 3.07. The molecule has 0 saturated carbocycles. The Labute approximate surface area is 120 Å². The van der Waals surface area contributed by atoms with Crippen molar-refractivity contribution in [3.05, 3.63) is 41.2 Å². The molecule has 0 unspecified atom stereocenters. The summed E-state index contributed by atoms with van der Waals surface area (Å²) in [6.07, 6.45) is 0.709. The van der Waals surface area contributed by atoms with Gasteiger partial charge in [0.25, 0.3) is 0 Å². The number of aromatic nitrogens is 2. The van der Waals surface area contributed by atoms with Gasteiger partial charge in [0.15, 0.2) is 11.6 Å². The van der Waals surface area contributed by atoms with Crippen LogP contribution in [-0.2, 0) is 6.42 Å². The van der Waals surface area contributed by atoms with E-state index in [1.54, 1.807) is 7.05 Å². The van der Waals surface area contributed by atoms with E-state index in [-0.39, 0.29) is 0 Å². The number of hydrogen-bond donors (Lipinski definition) is 1. The van der Waals surface area contributed by atoms with Crippen LogP contribution in [0.3, 0.4) is 0 Å². The summed E-state index contributed by atoms with van der Waals surface area (Å²) in [6.45, 7) is 3.86. The van der Waals surface area contributed by atoms with Gasteiger partial charge in [-0.15, -0.1) is 0 Å². The number of halogens is 2. The summed E-state index contributed by atoms with van der Waals surface area (Å²) in [6, 6.07) is 3.83. The zero-order valence-corrected chi connectivity index (χ0v) is 12.3. The van der Waals surface area contributed by atoms with Crippen LogP contribution >= 0.6 is 11.8 Å². The predicted octanol–water partition coefficient (Wildman–Crippen LogP) is 3.82. The molecule has 6 heteroatoms. The average Bonchev–Trinajstić information content (AvgIpc) is 2.45. The molecule has 2 aromatic rings. The van der Waals surface area contributed by atoms with Crippen LogP contribution < -0.4 is 5.32 Å². The standard InChI is InChI=1S/C14H15F2N3S/c1-4-12-18-13(17-3)8(2)14(19-12)20-9-5-6-10(15)11(16)7-9/h5-7H,4H2,1-3H3,(H,17,18,19). The minimum Gasteiger partial charge on any atom is -0.373 e. The Morgan fingerprint density at radius 2 is 1.95 bits per heavy atom. The lowest BCUT2D eigenvalue weighted by Gasteiger charge is -2.11. The molecule has 0 aliphatic carbocycles. The predicted molar refractivity (Wildman–Crippen MR) is 76.2 cm³/mol. The third-order valence-electron chi connectivity index (χ3n) is 2.81. The number of aryl methyl sites for hydroxylation is 1. The van der Waals surface area contributed by atoms with Crippen LogP contribution in [0.5, 0.6) is 0 Å². The van der Waals surface area contributed by atoms with E-state index < -0.39 is 11.6 Å². The van der Waals surface area contributed by atoms with E-state index >= 15 is 0 Å². The van der Waals surface area contributed by atoms with Gasteiger partial charge >= 0.3 is 0 Å². The Morgan fingerprint density at radius 1 is 1.20 bits per heavy atom. The number of rotatable bonds is 4. The average molecular weight is 295 g/mol. The molecule has 0 aliphatic heterocycles. The number of hydrogen-bond acceptors (Lipinski definition) is 4. The second kappa shape index (κ2) is 6.17. The molecule has 3 nitrogen and oxygen atoms in total. The second-order valence-electron chi connectivity index (χ2n) is 4.20. The lowest BCUT2D eigenvalue weighted by molar-refractivity contribution is 0.506. The smallest absolute Gasteiger partial charge is 0.159 e. The van der Waals surface area contributed by atoms with Crippen molar-refractivity contribution in [3.63, 3.8) is 0 Å². The van der Waals surface area contributed by atoms with Crippen LogP contribution in [0.1, 0.15) is 18.3 Å². The van der Waals surface area contributed by atoms with Crippen LogP contribution in [-0.4, -0.2) is 17.0 Å². The molecule has 20 heavy (non-hydrogen) atoms. The topological polar surface area (TPSA) is 37.8 Å². The maximum absolute atomic E-state index is 13.2. The Bertz CT molecular complexity index is 632. The van der Waals surface area contributed by atoms with Crippen LogP contribution in [0.25, 0.3) is 0 Å². The molecule has 106 valence electrons. The molecular formula is C14H15F2N3S. The summed E-state index contributed by atoms with van der Waals surface area (Å²) in [7, 11) is 1.79.